The van der Waals surface area contributed by atoms with Gasteiger partial charge in [0, 0.05) is 24.6 Å². The first-order valence-electron chi connectivity index (χ1n) is 9.41. The minimum Gasteiger partial charge on any atom is -0.496 e. The van der Waals surface area contributed by atoms with Crippen LogP contribution in [0, 0.1) is 5.82 Å². The Morgan fingerprint density at radius 1 is 1.13 bits per heavy atom. The van der Waals surface area contributed by atoms with Crippen LogP contribution in [-0.2, 0) is 4.79 Å². The highest BCUT2D eigenvalue weighted by atomic mass is 32.1. The number of aromatic nitrogens is 2. The summed E-state index contributed by atoms with van der Waals surface area (Å²) in [4.78, 5) is 26.8. The van der Waals surface area contributed by atoms with Crippen LogP contribution >= 0.6 is 11.3 Å². The largest absolute Gasteiger partial charge is 0.496 e. The van der Waals surface area contributed by atoms with Crippen LogP contribution in [0.25, 0.3) is 0 Å². The van der Waals surface area contributed by atoms with Gasteiger partial charge >= 0.3 is 0 Å². The minimum absolute atomic E-state index is 0.0730. The zero-order valence-corrected chi connectivity index (χ0v) is 17.6. The van der Waals surface area contributed by atoms with Crippen molar-refractivity contribution in [2.24, 2.45) is 0 Å². The number of nitrogens with zero attached hydrogens (tertiary/aromatic N) is 3. The van der Waals surface area contributed by atoms with Crippen LogP contribution in [0.15, 0.2) is 42.5 Å². The number of methoxy groups -OCH3 is 2. The molecule has 1 aliphatic heterocycles. The molecule has 31 heavy (non-hydrogen) atoms. The van der Waals surface area contributed by atoms with Crippen molar-refractivity contribution < 1.29 is 23.5 Å². The van der Waals surface area contributed by atoms with Gasteiger partial charge in [-0.05, 0) is 36.4 Å². The third-order valence-corrected chi connectivity index (χ3v) is 5.93. The lowest BCUT2D eigenvalue weighted by atomic mass is 10.1. The Labute approximate surface area is 181 Å². The normalized spacial score (nSPS) is 15.8. The third-order valence-electron chi connectivity index (χ3n) is 4.93. The molecule has 1 aromatic heterocycles. The van der Waals surface area contributed by atoms with Crippen molar-refractivity contribution in [3.63, 3.8) is 0 Å². The fourth-order valence-electron chi connectivity index (χ4n) is 3.43. The Morgan fingerprint density at radius 3 is 2.45 bits per heavy atom. The molecule has 1 saturated heterocycles. The van der Waals surface area contributed by atoms with E-state index >= 15 is 0 Å². The highest BCUT2D eigenvalue weighted by Gasteiger charge is 2.34. The van der Waals surface area contributed by atoms with Crippen molar-refractivity contribution in [3.05, 3.63) is 58.9 Å². The summed E-state index contributed by atoms with van der Waals surface area (Å²) in [6.07, 6.45) is 0.264. The molecule has 1 unspecified atom stereocenters. The molecule has 160 valence electrons. The van der Waals surface area contributed by atoms with E-state index in [4.69, 9.17) is 9.47 Å². The highest BCUT2D eigenvalue weighted by molar-refractivity contribution is 7.15. The van der Waals surface area contributed by atoms with Crippen molar-refractivity contribution in [3.8, 4) is 11.5 Å². The van der Waals surface area contributed by atoms with Crippen LogP contribution in [0.4, 0.5) is 15.2 Å². The number of rotatable bonds is 6. The number of carbonyl (C=O) groups excluding carboxylic acids is 2. The molecule has 2 aromatic carbocycles. The fourth-order valence-corrected chi connectivity index (χ4v) is 4.26. The summed E-state index contributed by atoms with van der Waals surface area (Å²) < 4.78 is 23.7. The van der Waals surface area contributed by atoms with E-state index < -0.39 is 5.91 Å². The zero-order chi connectivity index (χ0) is 22.0. The lowest BCUT2D eigenvalue weighted by Crippen LogP contribution is -2.24. The van der Waals surface area contributed by atoms with Crippen LogP contribution in [0.2, 0.25) is 0 Å². The Kier molecular flexibility index (Phi) is 5.81. The highest BCUT2D eigenvalue weighted by Crippen LogP contribution is 2.35. The molecule has 0 aliphatic carbocycles. The van der Waals surface area contributed by atoms with E-state index in [1.807, 2.05) is 0 Å². The van der Waals surface area contributed by atoms with E-state index in [9.17, 15) is 14.0 Å². The van der Waals surface area contributed by atoms with Crippen LogP contribution in [0.5, 0.6) is 11.5 Å². The first-order valence-corrected chi connectivity index (χ1v) is 10.2. The van der Waals surface area contributed by atoms with Gasteiger partial charge in [-0.1, -0.05) is 17.4 Å². The number of nitrogens with one attached hydrogen (secondary N) is 1. The summed E-state index contributed by atoms with van der Waals surface area (Å²) in [5.41, 5.74) is 0.887. The average molecular weight is 442 g/mol. The molecule has 0 bridgehead atoms. The average Bonchev–Trinajstić information content (AvgIpc) is 3.40. The van der Waals surface area contributed by atoms with Gasteiger partial charge in [0.2, 0.25) is 11.0 Å². The first-order chi connectivity index (χ1) is 15.0. The summed E-state index contributed by atoms with van der Waals surface area (Å²) >= 11 is 1.21. The fraction of sp³-hybridized carbons (Fsp3) is 0.238. The van der Waals surface area contributed by atoms with E-state index in [2.05, 4.69) is 15.5 Å². The molecular weight excluding hydrogens is 423 g/mol. The number of halogens is 1. The van der Waals surface area contributed by atoms with Crippen molar-refractivity contribution in [2.45, 2.75) is 12.3 Å². The molecule has 1 fully saturated rings. The van der Waals surface area contributed by atoms with Crippen molar-refractivity contribution in [1.29, 1.82) is 0 Å². The Hall–Kier alpha value is -3.53. The van der Waals surface area contributed by atoms with Crippen LogP contribution in [0.1, 0.15) is 27.7 Å². The smallest absolute Gasteiger partial charge is 0.265 e. The Morgan fingerprint density at radius 2 is 1.81 bits per heavy atom. The van der Waals surface area contributed by atoms with Crippen molar-refractivity contribution in [1.82, 2.24) is 10.2 Å². The van der Waals surface area contributed by atoms with Crippen molar-refractivity contribution >= 4 is 34.0 Å². The van der Waals surface area contributed by atoms with Gasteiger partial charge in [0.25, 0.3) is 5.91 Å². The number of hydrogen-bond donors (Lipinski definition) is 1. The molecule has 0 spiro atoms. The molecule has 1 N–H and O–H groups in total. The summed E-state index contributed by atoms with van der Waals surface area (Å²) in [6, 6.07) is 10.8. The summed E-state index contributed by atoms with van der Waals surface area (Å²) in [5.74, 6) is -0.288. The lowest BCUT2D eigenvalue weighted by molar-refractivity contribution is -0.117. The number of amides is 2. The molecule has 10 heteroatoms. The predicted octanol–water partition coefficient (Wildman–Crippen LogP) is 3.47. The number of hydrogen-bond acceptors (Lipinski definition) is 7. The Bertz CT molecular complexity index is 1100. The van der Waals surface area contributed by atoms with Gasteiger partial charge in [-0.3, -0.25) is 14.9 Å². The van der Waals surface area contributed by atoms with Crippen LogP contribution in [-0.4, -0.2) is 42.8 Å². The minimum atomic E-state index is -0.438. The number of carbonyl (C=O) groups is 2. The molecule has 8 nitrogen and oxygen atoms in total. The molecule has 2 amide bonds. The molecule has 3 aromatic rings. The molecule has 0 saturated carbocycles. The van der Waals surface area contributed by atoms with Gasteiger partial charge in [0.15, 0.2) is 0 Å². The van der Waals surface area contributed by atoms with E-state index in [0.717, 1.165) is 0 Å². The quantitative estimate of drug-likeness (QED) is 0.628. The maximum absolute atomic E-state index is 13.2. The molecule has 4 rings (SSSR count). The SMILES string of the molecule is COc1cccc(OC)c1C(=O)Nc1nnc(C2CC(=O)N(c3ccc(F)cc3)C2)s1. The van der Waals surface area contributed by atoms with E-state index in [1.54, 1.807) is 35.2 Å². The second-order valence-electron chi connectivity index (χ2n) is 6.82. The number of anilines is 2. The summed E-state index contributed by atoms with van der Waals surface area (Å²) in [7, 11) is 2.94. The van der Waals surface area contributed by atoms with Gasteiger partial charge in [-0.25, -0.2) is 4.39 Å². The van der Waals surface area contributed by atoms with Crippen LogP contribution < -0.4 is 19.7 Å². The molecule has 1 aliphatic rings. The van der Waals surface area contributed by atoms with Gasteiger partial charge in [0.1, 0.15) is 27.9 Å². The van der Waals surface area contributed by atoms with E-state index in [0.29, 0.717) is 33.9 Å². The topological polar surface area (TPSA) is 93.6 Å². The summed E-state index contributed by atoms with van der Waals surface area (Å²) in [6.45, 7) is 0.410. The summed E-state index contributed by atoms with van der Waals surface area (Å²) in [5, 5.41) is 11.9. The molecule has 1 atom stereocenters. The molecule has 0 radical (unpaired) electrons. The number of benzene rings is 2. The van der Waals surface area contributed by atoms with Gasteiger partial charge in [0.05, 0.1) is 14.2 Å². The first kappa shape index (κ1) is 20.7. The number of ether oxygens (including phenoxy) is 2. The second kappa shape index (κ2) is 8.68. The van der Waals surface area contributed by atoms with Gasteiger partial charge in [-0.2, -0.15) is 0 Å². The monoisotopic (exact) mass is 442 g/mol. The maximum atomic E-state index is 13.2. The molecular formula is C21H19FN4O4S. The third kappa shape index (κ3) is 4.19. The standard InChI is InChI=1S/C21H19FN4O4S/c1-29-15-4-3-5-16(30-2)18(15)19(28)23-21-25-24-20(31-21)12-10-17(27)26(11-12)14-8-6-13(22)7-9-14/h3-9,12H,10-11H2,1-2H3,(H,23,25,28). The van der Waals surface area contributed by atoms with Crippen molar-refractivity contribution in [2.75, 3.05) is 31.0 Å². The van der Waals surface area contributed by atoms with Gasteiger partial charge < -0.3 is 14.4 Å². The second-order valence-corrected chi connectivity index (χ2v) is 7.83. The predicted molar refractivity (Wildman–Crippen MR) is 114 cm³/mol. The van der Waals surface area contributed by atoms with E-state index in [1.165, 1.54) is 37.7 Å². The van der Waals surface area contributed by atoms with E-state index in [-0.39, 0.29) is 29.6 Å². The lowest BCUT2D eigenvalue weighted by Gasteiger charge is -2.16. The van der Waals surface area contributed by atoms with Gasteiger partial charge in [-0.15, -0.1) is 10.2 Å². The van der Waals surface area contributed by atoms with Crippen LogP contribution in [0.3, 0.4) is 0 Å². The molecule has 2 heterocycles. The maximum Gasteiger partial charge on any atom is 0.265 e. The zero-order valence-electron chi connectivity index (χ0n) is 16.8. The Balaban J connectivity index is 1.49.